The Morgan fingerprint density at radius 1 is 1.00 bits per heavy atom. The number of nitrogens with one attached hydrogen (secondary N) is 1. The van der Waals surface area contributed by atoms with Gasteiger partial charge >= 0.3 is 0 Å². The molecule has 0 unspecified atom stereocenters. The quantitative estimate of drug-likeness (QED) is 0.760. The molecule has 7 heteroatoms. The van der Waals surface area contributed by atoms with Gasteiger partial charge in [-0.05, 0) is 42.5 Å². The van der Waals surface area contributed by atoms with Crippen LogP contribution >= 0.6 is 0 Å². The number of amides is 1. The molecule has 0 saturated heterocycles. The van der Waals surface area contributed by atoms with Crippen LogP contribution in [-0.2, 0) is 10.0 Å². The Hall–Kier alpha value is -3.06. The maximum atomic E-state index is 12.8. The summed E-state index contributed by atoms with van der Waals surface area (Å²) in [7, 11) is -2.26. The minimum absolute atomic E-state index is 0.0797. The van der Waals surface area contributed by atoms with Crippen molar-refractivity contribution in [3.63, 3.8) is 0 Å². The number of benzene rings is 2. The highest BCUT2D eigenvalue weighted by Crippen LogP contribution is 2.23. The van der Waals surface area contributed by atoms with E-state index >= 15 is 0 Å². The molecule has 128 valence electrons. The molecule has 0 atom stereocenters. The lowest BCUT2D eigenvalue weighted by Gasteiger charge is -2.19. The van der Waals surface area contributed by atoms with E-state index in [-0.39, 0.29) is 10.7 Å². The van der Waals surface area contributed by atoms with Gasteiger partial charge in [-0.2, -0.15) is 0 Å². The first kappa shape index (κ1) is 16.8. The molecule has 0 radical (unpaired) electrons. The van der Waals surface area contributed by atoms with Crippen LogP contribution in [0.3, 0.4) is 0 Å². The Labute approximate surface area is 145 Å². The van der Waals surface area contributed by atoms with Crippen molar-refractivity contribution >= 4 is 27.3 Å². The first-order valence-corrected chi connectivity index (χ1v) is 8.91. The Balaban J connectivity index is 1.86. The number of rotatable bonds is 5. The third-order valence-electron chi connectivity index (χ3n) is 3.62. The van der Waals surface area contributed by atoms with Gasteiger partial charge < -0.3 is 9.73 Å². The number of nitrogens with zero attached hydrogens (tertiary/aromatic N) is 1. The number of furan rings is 1. The normalized spacial score (nSPS) is 11.1. The Bertz CT molecular complexity index is 967. The van der Waals surface area contributed by atoms with E-state index < -0.39 is 15.9 Å². The summed E-state index contributed by atoms with van der Waals surface area (Å²) in [5.74, 6) is -0.300. The van der Waals surface area contributed by atoms with Crippen LogP contribution in [0.4, 0.5) is 11.4 Å². The first-order valence-electron chi connectivity index (χ1n) is 7.47. The predicted octanol–water partition coefficient (Wildman–Crippen LogP) is 3.36. The fraction of sp³-hybridized carbons (Fsp3) is 0.0556. The lowest BCUT2D eigenvalue weighted by molar-refractivity contribution is 0.0996. The van der Waals surface area contributed by atoms with Crippen molar-refractivity contribution in [2.75, 3.05) is 16.7 Å². The number of hydrogen-bond donors (Lipinski definition) is 1. The standard InChI is InChI=1S/C18H16N2O4S/c1-20(15-8-3-2-4-9-15)25(22,23)16-10-5-7-14(13-16)19-18(21)17-11-6-12-24-17/h2-13H,1H3,(H,19,21). The van der Waals surface area contributed by atoms with E-state index in [4.69, 9.17) is 4.42 Å². The summed E-state index contributed by atoms with van der Waals surface area (Å²) in [4.78, 5) is 12.1. The minimum Gasteiger partial charge on any atom is -0.459 e. The molecule has 3 aromatic rings. The van der Waals surface area contributed by atoms with E-state index in [1.54, 1.807) is 42.5 Å². The second-order valence-corrected chi connectivity index (χ2v) is 7.24. The zero-order chi connectivity index (χ0) is 17.9. The lowest BCUT2D eigenvalue weighted by atomic mass is 10.3. The second kappa shape index (κ2) is 6.82. The number of anilines is 2. The summed E-state index contributed by atoms with van der Waals surface area (Å²) >= 11 is 0. The Morgan fingerprint density at radius 2 is 1.76 bits per heavy atom. The van der Waals surface area contributed by atoms with Gasteiger partial charge in [0.05, 0.1) is 16.8 Å². The van der Waals surface area contributed by atoms with Crippen LogP contribution in [0.2, 0.25) is 0 Å². The van der Waals surface area contributed by atoms with Crippen LogP contribution in [-0.4, -0.2) is 21.4 Å². The average molecular weight is 356 g/mol. The highest BCUT2D eigenvalue weighted by atomic mass is 32.2. The molecule has 1 aromatic heterocycles. The van der Waals surface area contributed by atoms with Gasteiger partial charge in [0, 0.05) is 12.7 Å². The van der Waals surface area contributed by atoms with E-state index in [2.05, 4.69) is 5.32 Å². The molecule has 0 bridgehead atoms. The van der Waals surface area contributed by atoms with Crippen LogP contribution in [0, 0.1) is 0 Å². The minimum atomic E-state index is -3.75. The van der Waals surface area contributed by atoms with E-state index in [0.29, 0.717) is 11.4 Å². The molecule has 0 spiro atoms. The molecule has 1 N–H and O–H groups in total. The Morgan fingerprint density at radius 3 is 2.44 bits per heavy atom. The fourth-order valence-electron chi connectivity index (χ4n) is 2.27. The molecular weight excluding hydrogens is 340 g/mol. The van der Waals surface area contributed by atoms with Crippen molar-refractivity contribution in [1.82, 2.24) is 0 Å². The monoisotopic (exact) mass is 356 g/mol. The molecule has 0 aliphatic carbocycles. The highest BCUT2D eigenvalue weighted by molar-refractivity contribution is 7.92. The third-order valence-corrected chi connectivity index (χ3v) is 5.40. The van der Waals surface area contributed by atoms with Crippen LogP contribution in [0.25, 0.3) is 0 Å². The Kier molecular flexibility index (Phi) is 4.58. The summed E-state index contributed by atoms with van der Waals surface area (Å²) in [6.07, 6.45) is 1.39. The van der Waals surface area contributed by atoms with Crippen LogP contribution in [0.1, 0.15) is 10.6 Å². The van der Waals surface area contributed by atoms with Crippen molar-refractivity contribution in [3.8, 4) is 0 Å². The molecule has 0 saturated carbocycles. The van der Waals surface area contributed by atoms with Crippen molar-refractivity contribution in [3.05, 3.63) is 78.8 Å². The van der Waals surface area contributed by atoms with Gasteiger partial charge in [0.1, 0.15) is 0 Å². The average Bonchev–Trinajstić information content (AvgIpc) is 3.17. The van der Waals surface area contributed by atoms with Crippen molar-refractivity contribution in [1.29, 1.82) is 0 Å². The molecule has 2 aromatic carbocycles. The molecule has 0 aliphatic heterocycles. The van der Waals surface area contributed by atoms with Crippen LogP contribution in [0.5, 0.6) is 0 Å². The molecule has 25 heavy (non-hydrogen) atoms. The number of carbonyl (C=O) groups excluding carboxylic acids is 1. The molecule has 3 rings (SSSR count). The topological polar surface area (TPSA) is 79.6 Å². The fourth-order valence-corrected chi connectivity index (χ4v) is 3.51. The van der Waals surface area contributed by atoms with E-state index in [1.807, 2.05) is 6.07 Å². The molecule has 1 heterocycles. The summed E-state index contributed by atoms with van der Waals surface area (Å²) in [5, 5.41) is 2.62. The summed E-state index contributed by atoms with van der Waals surface area (Å²) in [6, 6.07) is 18.0. The van der Waals surface area contributed by atoms with Crippen LogP contribution < -0.4 is 9.62 Å². The zero-order valence-corrected chi connectivity index (χ0v) is 14.2. The van der Waals surface area contributed by atoms with Gasteiger partial charge in [0.15, 0.2) is 5.76 Å². The number of sulfonamides is 1. The van der Waals surface area contributed by atoms with Gasteiger partial charge in [-0.3, -0.25) is 9.10 Å². The van der Waals surface area contributed by atoms with Gasteiger partial charge in [0.25, 0.3) is 15.9 Å². The van der Waals surface area contributed by atoms with Gasteiger partial charge in [-0.25, -0.2) is 8.42 Å². The molecule has 0 fully saturated rings. The second-order valence-electron chi connectivity index (χ2n) is 5.27. The maximum Gasteiger partial charge on any atom is 0.291 e. The molecule has 6 nitrogen and oxygen atoms in total. The maximum absolute atomic E-state index is 12.8. The molecule has 0 aliphatic rings. The number of para-hydroxylation sites is 1. The largest absolute Gasteiger partial charge is 0.459 e. The predicted molar refractivity (Wildman–Crippen MR) is 95.1 cm³/mol. The zero-order valence-electron chi connectivity index (χ0n) is 13.4. The SMILES string of the molecule is CN(c1ccccc1)S(=O)(=O)c1cccc(NC(=O)c2ccco2)c1. The van der Waals surface area contributed by atoms with Crippen molar-refractivity contribution < 1.29 is 17.6 Å². The summed E-state index contributed by atoms with van der Waals surface area (Å²) in [5.41, 5.74) is 0.913. The summed E-state index contributed by atoms with van der Waals surface area (Å²) in [6.45, 7) is 0. The van der Waals surface area contributed by atoms with Crippen molar-refractivity contribution in [2.24, 2.45) is 0 Å². The third kappa shape index (κ3) is 3.56. The van der Waals surface area contributed by atoms with E-state index in [9.17, 15) is 13.2 Å². The summed E-state index contributed by atoms with van der Waals surface area (Å²) < 4.78 is 31.8. The number of hydrogen-bond acceptors (Lipinski definition) is 4. The van der Waals surface area contributed by atoms with E-state index in [0.717, 1.165) is 0 Å². The lowest BCUT2D eigenvalue weighted by Crippen LogP contribution is -2.26. The number of carbonyl (C=O) groups is 1. The van der Waals surface area contributed by atoms with Crippen LogP contribution in [0.15, 0.2) is 82.3 Å². The van der Waals surface area contributed by atoms with Gasteiger partial charge in [-0.15, -0.1) is 0 Å². The smallest absolute Gasteiger partial charge is 0.291 e. The molecule has 1 amide bonds. The van der Waals surface area contributed by atoms with Crippen molar-refractivity contribution in [2.45, 2.75) is 4.90 Å². The first-order chi connectivity index (χ1) is 12.0. The highest BCUT2D eigenvalue weighted by Gasteiger charge is 2.21. The molecular formula is C18H16N2O4S. The van der Waals surface area contributed by atoms with E-state index in [1.165, 1.54) is 35.8 Å². The van der Waals surface area contributed by atoms with Gasteiger partial charge in [0.2, 0.25) is 0 Å². The van der Waals surface area contributed by atoms with Gasteiger partial charge in [-0.1, -0.05) is 24.3 Å².